The van der Waals surface area contributed by atoms with E-state index in [0.717, 1.165) is 4.47 Å². The molecule has 0 bridgehead atoms. The fourth-order valence-electron chi connectivity index (χ4n) is 1.37. The SMILES string of the molecule is COC(=O)C(CN)c1cc(C#N)ccc1Br. The third-order valence-electron chi connectivity index (χ3n) is 2.22. The Bertz CT molecular complexity index is 440. The highest BCUT2D eigenvalue weighted by molar-refractivity contribution is 9.10. The number of hydrogen-bond acceptors (Lipinski definition) is 4. The second kappa shape index (κ2) is 5.64. The molecule has 0 heterocycles. The minimum Gasteiger partial charge on any atom is -0.469 e. The van der Waals surface area contributed by atoms with Crippen molar-refractivity contribution in [3.8, 4) is 6.07 Å². The van der Waals surface area contributed by atoms with E-state index in [2.05, 4.69) is 20.7 Å². The number of nitrogens with zero attached hydrogens (tertiary/aromatic N) is 1. The average Bonchev–Trinajstić information content (AvgIpc) is 2.32. The Balaban J connectivity index is 3.19. The fraction of sp³-hybridized carbons (Fsp3) is 0.273. The maximum Gasteiger partial charge on any atom is 0.314 e. The summed E-state index contributed by atoms with van der Waals surface area (Å²) in [5, 5.41) is 8.79. The summed E-state index contributed by atoms with van der Waals surface area (Å²) in [6.07, 6.45) is 0. The number of esters is 1. The number of rotatable bonds is 3. The van der Waals surface area contributed by atoms with Gasteiger partial charge in [0.15, 0.2) is 0 Å². The van der Waals surface area contributed by atoms with Gasteiger partial charge in [-0.1, -0.05) is 15.9 Å². The first-order valence-electron chi connectivity index (χ1n) is 4.61. The molecule has 1 aromatic rings. The van der Waals surface area contributed by atoms with Gasteiger partial charge in [-0.05, 0) is 23.8 Å². The summed E-state index contributed by atoms with van der Waals surface area (Å²) in [6.45, 7) is 0.139. The Labute approximate surface area is 102 Å². The zero-order valence-corrected chi connectivity index (χ0v) is 10.3. The van der Waals surface area contributed by atoms with Gasteiger partial charge in [0.2, 0.25) is 0 Å². The van der Waals surface area contributed by atoms with Gasteiger partial charge in [0.1, 0.15) is 0 Å². The van der Waals surface area contributed by atoms with Gasteiger partial charge in [0.25, 0.3) is 0 Å². The second-order valence-corrected chi connectivity index (χ2v) is 4.01. The van der Waals surface area contributed by atoms with Crippen LogP contribution < -0.4 is 5.73 Å². The molecule has 0 aliphatic heterocycles. The van der Waals surface area contributed by atoms with Crippen LogP contribution in [0.3, 0.4) is 0 Å². The van der Waals surface area contributed by atoms with Gasteiger partial charge in [-0.25, -0.2) is 0 Å². The predicted octanol–water partition coefficient (Wildman–Crippen LogP) is 1.54. The van der Waals surface area contributed by atoms with Crippen LogP contribution in [0.5, 0.6) is 0 Å². The van der Waals surface area contributed by atoms with Crippen molar-refractivity contribution >= 4 is 21.9 Å². The molecule has 0 aromatic heterocycles. The average molecular weight is 283 g/mol. The van der Waals surface area contributed by atoms with E-state index in [1.165, 1.54) is 7.11 Å². The highest BCUT2D eigenvalue weighted by Gasteiger charge is 2.22. The number of carbonyl (C=O) groups is 1. The lowest BCUT2D eigenvalue weighted by Crippen LogP contribution is -2.23. The molecule has 0 saturated heterocycles. The van der Waals surface area contributed by atoms with Crippen molar-refractivity contribution < 1.29 is 9.53 Å². The van der Waals surface area contributed by atoms with Crippen LogP contribution in [0.4, 0.5) is 0 Å². The molecule has 16 heavy (non-hydrogen) atoms. The van der Waals surface area contributed by atoms with Crippen LogP contribution in [-0.4, -0.2) is 19.6 Å². The van der Waals surface area contributed by atoms with Gasteiger partial charge in [-0.3, -0.25) is 4.79 Å². The summed E-state index contributed by atoms with van der Waals surface area (Å²) in [6, 6.07) is 7.04. The van der Waals surface area contributed by atoms with E-state index < -0.39 is 11.9 Å². The lowest BCUT2D eigenvalue weighted by atomic mass is 9.98. The minimum atomic E-state index is -0.548. The quantitative estimate of drug-likeness (QED) is 0.854. The van der Waals surface area contributed by atoms with E-state index in [1.807, 2.05) is 6.07 Å². The van der Waals surface area contributed by atoms with E-state index in [1.54, 1.807) is 18.2 Å². The van der Waals surface area contributed by atoms with Gasteiger partial charge < -0.3 is 10.5 Å². The molecule has 4 nitrogen and oxygen atoms in total. The molecule has 1 unspecified atom stereocenters. The monoisotopic (exact) mass is 282 g/mol. The van der Waals surface area contributed by atoms with Crippen molar-refractivity contribution in [1.29, 1.82) is 5.26 Å². The maximum atomic E-state index is 11.5. The van der Waals surface area contributed by atoms with Crippen molar-refractivity contribution in [2.45, 2.75) is 5.92 Å². The van der Waals surface area contributed by atoms with Crippen LogP contribution >= 0.6 is 15.9 Å². The Morgan fingerprint density at radius 3 is 2.88 bits per heavy atom. The number of benzene rings is 1. The lowest BCUT2D eigenvalue weighted by molar-refractivity contribution is -0.142. The van der Waals surface area contributed by atoms with Crippen LogP contribution in [0, 0.1) is 11.3 Å². The van der Waals surface area contributed by atoms with E-state index in [0.29, 0.717) is 11.1 Å². The zero-order chi connectivity index (χ0) is 12.1. The molecule has 0 amide bonds. The summed E-state index contributed by atoms with van der Waals surface area (Å²) in [4.78, 5) is 11.5. The highest BCUT2D eigenvalue weighted by Crippen LogP contribution is 2.26. The first-order chi connectivity index (χ1) is 7.63. The van der Waals surface area contributed by atoms with Crippen molar-refractivity contribution in [3.63, 3.8) is 0 Å². The Hall–Kier alpha value is -1.38. The van der Waals surface area contributed by atoms with Crippen LogP contribution in [0.15, 0.2) is 22.7 Å². The van der Waals surface area contributed by atoms with E-state index in [9.17, 15) is 4.79 Å². The number of hydrogen-bond donors (Lipinski definition) is 1. The van der Waals surface area contributed by atoms with Crippen LogP contribution in [0.2, 0.25) is 0 Å². The number of ether oxygens (including phenoxy) is 1. The van der Waals surface area contributed by atoms with Gasteiger partial charge in [-0.2, -0.15) is 5.26 Å². The first kappa shape index (κ1) is 12.7. The number of carbonyl (C=O) groups excluding carboxylic acids is 1. The topological polar surface area (TPSA) is 76.1 Å². The third kappa shape index (κ3) is 2.60. The predicted molar refractivity (Wildman–Crippen MR) is 62.7 cm³/mol. The maximum absolute atomic E-state index is 11.5. The smallest absolute Gasteiger partial charge is 0.314 e. The standard InChI is InChI=1S/C11H11BrN2O2/c1-16-11(15)9(6-14)8-4-7(5-13)2-3-10(8)12/h2-4,9H,6,14H2,1H3. The van der Waals surface area contributed by atoms with Gasteiger partial charge in [0.05, 0.1) is 24.7 Å². The number of methoxy groups -OCH3 is 1. The molecule has 1 rings (SSSR count). The number of nitrogens with two attached hydrogens (primary N) is 1. The van der Waals surface area contributed by atoms with Gasteiger partial charge in [-0.15, -0.1) is 0 Å². The molecule has 0 aliphatic rings. The molecule has 0 aliphatic carbocycles. The molecule has 0 spiro atoms. The summed E-state index contributed by atoms with van der Waals surface area (Å²) < 4.78 is 5.41. The summed E-state index contributed by atoms with van der Waals surface area (Å²) in [5.41, 5.74) is 6.70. The van der Waals surface area contributed by atoms with Crippen LogP contribution in [-0.2, 0) is 9.53 Å². The molecule has 1 aromatic carbocycles. The van der Waals surface area contributed by atoms with E-state index in [-0.39, 0.29) is 6.54 Å². The fourth-order valence-corrected chi connectivity index (χ4v) is 1.90. The molecular formula is C11H11BrN2O2. The Morgan fingerprint density at radius 2 is 2.38 bits per heavy atom. The van der Waals surface area contributed by atoms with Gasteiger partial charge in [0, 0.05) is 11.0 Å². The highest BCUT2D eigenvalue weighted by atomic mass is 79.9. The molecule has 1 atom stereocenters. The summed E-state index contributed by atoms with van der Waals surface area (Å²) in [5.74, 6) is -0.953. The van der Waals surface area contributed by atoms with Crippen molar-refractivity contribution in [1.82, 2.24) is 0 Å². The lowest BCUT2D eigenvalue weighted by Gasteiger charge is -2.14. The molecule has 5 heteroatoms. The molecule has 0 radical (unpaired) electrons. The molecular weight excluding hydrogens is 272 g/mol. The normalized spacial score (nSPS) is 11.6. The van der Waals surface area contributed by atoms with Crippen LogP contribution in [0.1, 0.15) is 17.0 Å². The van der Waals surface area contributed by atoms with Crippen molar-refractivity contribution in [3.05, 3.63) is 33.8 Å². The summed E-state index contributed by atoms with van der Waals surface area (Å²) >= 11 is 3.33. The molecule has 2 N–H and O–H groups in total. The third-order valence-corrected chi connectivity index (χ3v) is 2.94. The van der Waals surface area contributed by atoms with Crippen molar-refractivity contribution in [2.24, 2.45) is 5.73 Å². The Kier molecular flexibility index (Phi) is 4.47. The molecule has 84 valence electrons. The van der Waals surface area contributed by atoms with Crippen LogP contribution in [0.25, 0.3) is 0 Å². The zero-order valence-electron chi connectivity index (χ0n) is 8.74. The van der Waals surface area contributed by atoms with E-state index in [4.69, 9.17) is 11.0 Å². The largest absolute Gasteiger partial charge is 0.469 e. The number of nitriles is 1. The molecule has 0 fully saturated rings. The second-order valence-electron chi connectivity index (χ2n) is 3.16. The summed E-state index contributed by atoms with van der Waals surface area (Å²) in [7, 11) is 1.31. The molecule has 0 saturated carbocycles. The van der Waals surface area contributed by atoms with Gasteiger partial charge >= 0.3 is 5.97 Å². The minimum absolute atomic E-state index is 0.139. The van der Waals surface area contributed by atoms with Crippen molar-refractivity contribution in [2.75, 3.05) is 13.7 Å². The van der Waals surface area contributed by atoms with E-state index >= 15 is 0 Å². The number of halogens is 1. The first-order valence-corrected chi connectivity index (χ1v) is 5.40. The Morgan fingerprint density at radius 1 is 1.69 bits per heavy atom.